The fourth-order valence-electron chi connectivity index (χ4n) is 1.49. The average molecular weight is 224 g/mol. The number of hydrogen-bond donors (Lipinski definition) is 0. The third-order valence-electron chi connectivity index (χ3n) is 2.37. The molecule has 0 aliphatic rings. The third-order valence-corrected chi connectivity index (χ3v) is 2.37. The van der Waals surface area contributed by atoms with Crippen molar-refractivity contribution in [3.8, 4) is 6.07 Å². The van der Waals surface area contributed by atoms with Crippen LogP contribution in [-0.2, 0) is 6.42 Å². The van der Waals surface area contributed by atoms with Gasteiger partial charge in [-0.1, -0.05) is 30.3 Å². The van der Waals surface area contributed by atoms with Crippen molar-refractivity contribution in [1.82, 2.24) is 4.98 Å². The smallest absolute Gasteiger partial charge is 0.219 e. The Hall–Kier alpha value is -2.34. The van der Waals surface area contributed by atoms with Crippen LogP contribution in [0.2, 0.25) is 0 Å². The van der Waals surface area contributed by atoms with Crippen LogP contribution >= 0.6 is 0 Å². The van der Waals surface area contributed by atoms with Gasteiger partial charge >= 0.3 is 0 Å². The number of benzene rings is 1. The van der Waals surface area contributed by atoms with Crippen LogP contribution < -0.4 is 0 Å². The molecule has 0 spiro atoms. The molecule has 0 amide bonds. The summed E-state index contributed by atoms with van der Waals surface area (Å²) in [5.41, 5.74) is 1.80. The number of nitriles is 1. The lowest BCUT2D eigenvalue weighted by Crippen LogP contribution is -1.83. The Bertz CT molecular complexity index is 562. The van der Waals surface area contributed by atoms with Gasteiger partial charge in [0.25, 0.3) is 0 Å². The second-order valence-electron chi connectivity index (χ2n) is 3.63. The van der Waals surface area contributed by atoms with Gasteiger partial charge in [0, 0.05) is 6.08 Å². The third kappa shape index (κ3) is 2.82. The van der Waals surface area contributed by atoms with Crippen molar-refractivity contribution >= 4 is 12.2 Å². The molecule has 2 aromatic rings. The molecule has 0 saturated heterocycles. The zero-order chi connectivity index (χ0) is 12.1. The number of nitrogens with zero attached hydrogens (tertiary/aromatic N) is 2. The van der Waals surface area contributed by atoms with E-state index >= 15 is 0 Å². The minimum absolute atomic E-state index is 0.286. The van der Waals surface area contributed by atoms with Gasteiger partial charge in [-0.2, -0.15) is 5.26 Å². The zero-order valence-corrected chi connectivity index (χ0v) is 9.55. The normalized spacial score (nSPS) is 10.6. The summed E-state index contributed by atoms with van der Waals surface area (Å²) in [5.74, 6) is 1.25. The molecule has 2 rings (SSSR count). The summed E-state index contributed by atoms with van der Waals surface area (Å²) in [6.45, 7) is 1.82. The van der Waals surface area contributed by atoms with Crippen molar-refractivity contribution in [2.24, 2.45) is 0 Å². The summed E-state index contributed by atoms with van der Waals surface area (Å²) in [6.07, 6.45) is 4.03. The number of hydrogen-bond acceptors (Lipinski definition) is 3. The van der Waals surface area contributed by atoms with Crippen LogP contribution in [-0.4, -0.2) is 4.98 Å². The van der Waals surface area contributed by atoms with E-state index in [0.717, 1.165) is 5.56 Å². The minimum Gasteiger partial charge on any atom is -0.442 e. The lowest BCUT2D eigenvalue weighted by atomic mass is 10.2. The van der Waals surface area contributed by atoms with Crippen LogP contribution in [0.25, 0.3) is 12.2 Å². The highest BCUT2D eigenvalue weighted by molar-refractivity contribution is 5.65. The number of aromatic nitrogens is 1. The summed E-state index contributed by atoms with van der Waals surface area (Å²) in [5, 5.41) is 8.61. The fourth-order valence-corrected chi connectivity index (χ4v) is 1.49. The van der Waals surface area contributed by atoms with E-state index in [1.54, 1.807) is 0 Å². The molecule has 0 N–H and O–H groups in total. The van der Waals surface area contributed by atoms with Crippen LogP contribution in [0.1, 0.15) is 22.9 Å². The molecule has 0 saturated carbocycles. The predicted octanol–water partition coefficient (Wildman–Crippen LogP) is 3.22. The number of aryl methyl sites for hydroxylation is 1. The molecule has 84 valence electrons. The standard InChI is InChI=1S/C14H12N2O/c1-11-13(9-10-15)16-14(17-11)8-7-12-5-3-2-4-6-12/h2-8H,9H2,1H3/b8-7+. The first-order valence-electron chi connectivity index (χ1n) is 5.36. The Morgan fingerprint density at radius 3 is 2.76 bits per heavy atom. The van der Waals surface area contributed by atoms with Gasteiger partial charge in [0.1, 0.15) is 5.76 Å². The maximum absolute atomic E-state index is 8.61. The summed E-state index contributed by atoms with van der Waals surface area (Å²) in [4.78, 5) is 4.24. The topological polar surface area (TPSA) is 49.8 Å². The highest BCUT2D eigenvalue weighted by atomic mass is 16.4. The highest BCUT2D eigenvalue weighted by Crippen LogP contribution is 2.13. The zero-order valence-electron chi connectivity index (χ0n) is 9.55. The first-order chi connectivity index (χ1) is 8.29. The molecule has 1 aromatic carbocycles. The maximum atomic E-state index is 8.61. The summed E-state index contributed by atoms with van der Waals surface area (Å²) in [7, 11) is 0. The molecule has 0 atom stereocenters. The van der Waals surface area contributed by atoms with Crippen LogP contribution in [0.5, 0.6) is 0 Å². The first kappa shape index (κ1) is 11.2. The first-order valence-corrected chi connectivity index (χ1v) is 5.36. The number of oxazole rings is 1. The molecule has 0 bridgehead atoms. The predicted molar refractivity (Wildman–Crippen MR) is 65.9 cm³/mol. The van der Waals surface area contributed by atoms with Gasteiger partial charge in [-0.05, 0) is 18.6 Å². The quantitative estimate of drug-likeness (QED) is 0.804. The second kappa shape index (κ2) is 5.13. The Morgan fingerprint density at radius 2 is 2.06 bits per heavy atom. The van der Waals surface area contributed by atoms with Gasteiger partial charge in [0.15, 0.2) is 0 Å². The lowest BCUT2D eigenvalue weighted by molar-refractivity contribution is 0.515. The Kier molecular flexibility index (Phi) is 3.37. The van der Waals surface area contributed by atoms with Gasteiger partial charge in [0.2, 0.25) is 5.89 Å². The van der Waals surface area contributed by atoms with Crippen molar-refractivity contribution in [1.29, 1.82) is 5.26 Å². The fraction of sp³-hybridized carbons (Fsp3) is 0.143. The summed E-state index contributed by atoms with van der Waals surface area (Å²) in [6, 6.07) is 12.0. The largest absolute Gasteiger partial charge is 0.442 e. The Labute approximate surface area is 100 Å². The van der Waals surface area contributed by atoms with Crippen LogP contribution in [0.3, 0.4) is 0 Å². The van der Waals surface area contributed by atoms with E-state index in [1.807, 2.05) is 49.4 Å². The van der Waals surface area contributed by atoms with Crippen LogP contribution in [0.4, 0.5) is 0 Å². The molecule has 3 nitrogen and oxygen atoms in total. The van der Waals surface area contributed by atoms with Gasteiger partial charge in [-0.25, -0.2) is 4.98 Å². The van der Waals surface area contributed by atoms with E-state index in [9.17, 15) is 0 Å². The van der Waals surface area contributed by atoms with E-state index in [4.69, 9.17) is 9.68 Å². The molecule has 17 heavy (non-hydrogen) atoms. The van der Waals surface area contributed by atoms with Gasteiger partial charge in [0.05, 0.1) is 18.2 Å². The molecule has 1 heterocycles. The van der Waals surface area contributed by atoms with Crippen LogP contribution in [0, 0.1) is 18.3 Å². The molecule has 0 aliphatic carbocycles. The van der Waals surface area contributed by atoms with E-state index in [1.165, 1.54) is 0 Å². The Morgan fingerprint density at radius 1 is 1.29 bits per heavy atom. The van der Waals surface area contributed by atoms with Crippen molar-refractivity contribution < 1.29 is 4.42 Å². The monoisotopic (exact) mass is 224 g/mol. The summed E-state index contributed by atoms with van der Waals surface area (Å²) >= 11 is 0. The molecule has 1 aromatic heterocycles. The molecule has 3 heteroatoms. The average Bonchev–Trinajstić information content (AvgIpc) is 2.70. The van der Waals surface area contributed by atoms with Gasteiger partial charge in [-0.15, -0.1) is 0 Å². The molecule has 0 unspecified atom stereocenters. The second-order valence-corrected chi connectivity index (χ2v) is 3.63. The van der Waals surface area contributed by atoms with Crippen molar-refractivity contribution in [3.63, 3.8) is 0 Å². The van der Waals surface area contributed by atoms with Crippen molar-refractivity contribution in [2.45, 2.75) is 13.3 Å². The number of rotatable bonds is 3. The lowest BCUT2D eigenvalue weighted by Gasteiger charge is -1.89. The molecular weight excluding hydrogens is 212 g/mol. The van der Waals surface area contributed by atoms with E-state index < -0.39 is 0 Å². The Balaban J connectivity index is 2.17. The minimum atomic E-state index is 0.286. The SMILES string of the molecule is Cc1oc(/C=C/c2ccccc2)nc1CC#N. The molecular formula is C14H12N2O. The maximum Gasteiger partial charge on any atom is 0.219 e. The molecule has 0 fully saturated rings. The van der Waals surface area contributed by atoms with E-state index in [2.05, 4.69) is 11.1 Å². The van der Waals surface area contributed by atoms with Gasteiger partial charge in [-0.3, -0.25) is 0 Å². The van der Waals surface area contributed by atoms with E-state index in [-0.39, 0.29) is 6.42 Å². The summed E-state index contributed by atoms with van der Waals surface area (Å²) < 4.78 is 5.44. The van der Waals surface area contributed by atoms with Crippen molar-refractivity contribution in [3.05, 3.63) is 53.2 Å². The van der Waals surface area contributed by atoms with Gasteiger partial charge < -0.3 is 4.42 Å². The highest BCUT2D eigenvalue weighted by Gasteiger charge is 2.06. The molecule has 0 radical (unpaired) electrons. The van der Waals surface area contributed by atoms with E-state index in [0.29, 0.717) is 17.3 Å². The van der Waals surface area contributed by atoms with Crippen LogP contribution in [0.15, 0.2) is 34.7 Å². The molecule has 0 aliphatic heterocycles. The van der Waals surface area contributed by atoms with Crippen molar-refractivity contribution in [2.75, 3.05) is 0 Å².